The van der Waals surface area contributed by atoms with Crippen molar-refractivity contribution < 1.29 is 9.00 Å². The molecule has 0 amide bonds. The SMILES string of the molecule is Cc1ccc(C(=O)C2CC3CCC(C2)S3=O)c(C#N)c1. The van der Waals surface area contributed by atoms with Crippen molar-refractivity contribution in [2.24, 2.45) is 5.92 Å². The van der Waals surface area contributed by atoms with Crippen molar-refractivity contribution in [3.05, 3.63) is 34.9 Å². The van der Waals surface area contributed by atoms with Gasteiger partial charge in [-0.2, -0.15) is 5.26 Å². The van der Waals surface area contributed by atoms with Crippen molar-refractivity contribution in [3.63, 3.8) is 0 Å². The first-order valence-corrected chi connectivity index (χ1v) is 8.32. The minimum Gasteiger partial charge on any atom is -0.294 e. The van der Waals surface area contributed by atoms with E-state index in [9.17, 15) is 14.3 Å². The molecule has 0 aliphatic carbocycles. The molecule has 2 aliphatic heterocycles. The highest BCUT2D eigenvalue weighted by Gasteiger charge is 2.43. The number of benzene rings is 1. The van der Waals surface area contributed by atoms with E-state index >= 15 is 0 Å². The predicted molar refractivity (Wildman–Crippen MR) is 77.9 cm³/mol. The molecule has 0 spiro atoms. The van der Waals surface area contributed by atoms with Crippen LogP contribution < -0.4 is 0 Å². The number of nitriles is 1. The summed E-state index contributed by atoms with van der Waals surface area (Å²) in [5.41, 5.74) is 1.99. The van der Waals surface area contributed by atoms with E-state index < -0.39 is 10.8 Å². The Labute approximate surface area is 121 Å². The van der Waals surface area contributed by atoms with E-state index in [2.05, 4.69) is 6.07 Å². The summed E-state index contributed by atoms with van der Waals surface area (Å²) in [6.07, 6.45) is 3.42. The van der Waals surface area contributed by atoms with E-state index in [0.29, 0.717) is 11.1 Å². The van der Waals surface area contributed by atoms with Crippen LogP contribution in [0.5, 0.6) is 0 Å². The molecule has 1 aromatic rings. The zero-order valence-electron chi connectivity index (χ0n) is 11.5. The van der Waals surface area contributed by atoms with Crippen LogP contribution in [-0.4, -0.2) is 20.5 Å². The number of fused-ring (bicyclic) bond motifs is 2. The van der Waals surface area contributed by atoms with Gasteiger partial charge < -0.3 is 0 Å². The number of hydrogen-bond donors (Lipinski definition) is 0. The average Bonchev–Trinajstić information content (AvgIpc) is 2.68. The largest absolute Gasteiger partial charge is 0.294 e. The third kappa shape index (κ3) is 2.20. The maximum absolute atomic E-state index is 12.7. The van der Waals surface area contributed by atoms with E-state index in [1.54, 1.807) is 12.1 Å². The van der Waals surface area contributed by atoms with Gasteiger partial charge >= 0.3 is 0 Å². The molecular formula is C16H17NO2S. The highest BCUT2D eigenvalue weighted by molar-refractivity contribution is 7.86. The molecular weight excluding hydrogens is 270 g/mol. The maximum Gasteiger partial charge on any atom is 0.167 e. The molecule has 3 rings (SSSR count). The Bertz CT molecular complexity index is 616. The van der Waals surface area contributed by atoms with Crippen molar-refractivity contribution in [1.82, 2.24) is 0 Å². The predicted octanol–water partition coefficient (Wildman–Crippen LogP) is 2.74. The molecule has 2 saturated heterocycles. The molecule has 0 N–H and O–H groups in total. The molecule has 0 saturated carbocycles. The molecule has 104 valence electrons. The fraction of sp³-hybridized carbons (Fsp3) is 0.500. The number of carbonyl (C=O) groups excluding carboxylic acids is 1. The fourth-order valence-electron chi connectivity index (χ4n) is 3.43. The first-order valence-electron chi connectivity index (χ1n) is 7.04. The van der Waals surface area contributed by atoms with Crippen LogP contribution in [-0.2, 0) is 10.8 Å². The topological polar surface area (TPSA) is 57.9 Å². The molecule has 0 aromatic heterocycles. The summed E-state index contributed by atoms with van der Waals surface area (Å²) < 4.78 is 12.0. The van der Waals surface area contributed by atoms with Crippen LogP contribution in [0, 0.1) is 24.2 Å². The molecule has 0 radical (unpaired) electrons. The Morgan fingerprint density at radius 1 is 1.30 bits per heavy atom. The van der Waals surface area contributed by atoms with Crippen LogP contribution in [0.2, 0.25) is 0 Å². The minimum absolute atomic E-state index is 0.0555. The lowest BCUT2D eigenvalue weighted by molar-refractivity contribution is 0.0906. The van der Waals surface area contributed by atoms with Gasteiger partial charge in [0, 0.05) is 32.8 Å². The molecule has 2 heterocycles. The van der Waals surface area contributed by atoms with Crippen molar-refractivity contribution in [2.45, 2.75) is 43.1 Å². The molecule has 3 nitrogen and oxygen atoms in total. The summed E-state index contributed by atoms with van der Waals surface area (Å²) in [6.45, 7) is 1.92. The van der Waals surface area contributed by atoms with Gasteiger partial charge in [0.25, 0.3) is 0 Å². The number of carbonyl (C=O) groups is 1. The number of nitrogens with zero attached hydrogens (tertiary/aromatic N) is 1. The average molecular weight is 287 g/mol. The molecule has 20 heavy (non-hydrogen) atoms. The van der Waals surface area contributed by atoms with E-state index in [1.807, 2.05) is 13.0 Å². The summed E-state index contributed by atoms with van der Waals surface area (Å²) in [5, 5.41) is 9.58. The molecule has 2 bridgehead atoms. The lowest BCUT2D eigenvalue weighted by Gasteiger charge is -2.26. The third-order valence-corrected chi connectivity index (χ3v) is 6.66. The lowest BCUT2D eigenvalue weighted by atomic mass is 9.88. The molecule has 1 aromatic carbocycles. The second-order valence-electron chi connectivity index (χ2n) is 5.84. The minimum atomic E-state index is -0.740. The van der Waals surface area contributed by atoms with E-state index in [1.165, 1.54) is 0 Å². The highest BCUT2D eigenvalue weighted by atomic mass is 32.2. The molecule has 4 heteroatoms. The van der Waals surface area contributed by atoms with E-state index in [4.69, 9.17) is 0 Å². The van der Waals surface area contributed by atoms with Crippen LogP contribution in [0.3, 0.4) is 0 Å². The number of ketones is 1. The van der Waals surface area contributed by atoms with E-state index in [0.717, 1.165) is 31.2 Å². The van der Waals surface area contributed by atoms with Gasteiger partial charge in [-0.15, -0.1) is 0 Å². The van der Waals surface area contributed by atoms with Gasteiger partial charge in [-0.3, -0.25) is 9.00 Å². The van der Waals surface area contributed by atoms with Gasteiger partial charge in [0.15, 0.2) is 5.78 Å². The van der Waals surface area contributed by atoms with Gasteiger partial charge in [-0.25, -0.2) is 0 Å². The number of hydrogen-bond acceptors (Lipinski definition) is 3. The Hall–Kier alpha value is -1.47. The summed E-state index contributed by atoms with van der Waals surface area (Å²) in [6, 6.07) is 7.54. The second kappa shape index (κ2) is 5.14. The molecule has 2 fully saturated rings. The maximum atomic E-state index is 12.7. The number of rotatable bonds is 2. The van der Waals surface area contributed by atoms with Crippen LogP contribution in [0.25, 0.3) is 0 Å². The second-order valence-corrected chi connectivity index (χ2v) is 7.83. The van der Waals surface area contributed by atoms with Crippen molar-refractivity contribution in [3.8, 4) is 6.07 Å². The Morgan fingerprint density at radius 3 is 2.55 bits per heavy atom. The third-order valence-electron chi connectivity index (χ3n) is 4.49. The van der Waals surface area contributed by atoms with Gasteiger partial charge in [-0.1, -0.05) is 6.07 Å². The van der Waals surface area contributed by atoms with Gasteiger partial charge in [0.05, 0.1) is 11.6 Å². The standard InChI is InChI=1S/C16H17NO2S/c1-10-2-5-15(12(6-10)9-17)16(18)11-7-13-3-4-14(8-11)20(13)19/h2,5-6,11,13-14H,3-4,7-8H2,1H3. The Balaban J connectivity index is 1.87. The lowest BCUT2D eigenvalue weighted by Crippen LogP contribution is -2.32. The van der Waals surface area contributed by atoms with Crippen LogP contribution in [0.1, 0.15) is 47.2 Å². The highest BCUT2D eigenvalue weighted by Crippen LogP contribution is 2.40. The van der Waals surface area contributed by atoms with Gasteiger partial charge in [-0.05, 0) is 50.3 Å². The summed E-state index contributed by atoms with van der Waals surface area (Å²) in [7, 11) is -0.740. The Morgan fingerprint density at radius 2 is 1.95 bits per heavy atom. The normalized spacial score (nSPS) is 31.8. The summed E-state index contributed by atoms with van der Waals surface area (Å²) in [5.74, 6) is 0.00940. The van der Waals surface area contributed by atoms with Gasteiger partial charge in [0.1, 0.15) is 0 Å². The summed E-state index contributed by atoms with van der Waals surface area (Å²) in [4.78, 5) is 12.7. The number of aryl methyl sites for hydroxylation is 1. The first-order chi connectivity index (χ1) is 9.60. The molecule has 2 aliphatic rings. The van der Waals surface area contributed by atoms with E-state index in [-0.39, 0.29) is 22.2 Å². The van der Waals surface area contributed by atoms with Crippen molar-refractivity contribution in [1.29, 1.82) is 5.26 Å². The quantitative estimate of drug-likeness (QED) is 0.786. The first kappa shape index (κ1) is 13.5. The smallest absolute Gasteiger partial charge is 0.167 e. The zero-order chi connectivity index (χ0) is 14.3. The van der Waals surface area contributed by atoms with Crippen LogP contribution in [0.4, 0.5) is 0 Å². The van der Waals surface area contributed by atoms with Crippen LogP contribution >= 0.6 is 0 Å². The molecule has 2 atom stereocenters. The molecule has 2 unspecified atom stereocenters. The van der Waals surface area contributed by atoms with Crippen LogP contribution in [0.15, 0.2) is 18.2 Å². The fourth-order valence-corrected chi connectivity index (χ4v) is 5.56. The van der Waals surface area contributed by atoms with Gasteiger partial charge in [0.2, 0.25) is 0 Å². The van der Waals surface area contributed by atoms with Crippen molar-refractivity contribution >= 4 is 16.6 Å². The zero-order valence-corrected chi connectivity index (χ0v) is 12.3. The Kier molecular flexibility index (Phi) is 3.47. The van der Waals surface area contributed by atoms with Crippen molar-refractivity contribution in [2.75, 3.05) is 0 Å². The monoisotopic (exact) mass is 287 g/mol. The number of Topliss-reactive ketones (excluding diaryl/α,β-unsaturated/α-hetero) is 1. The summed E-state index contributed by atoms with van der Waals surface area (Å²) >= 11 is 0.